The fraction of sp³-hybridized carbons (Fsp3) is 0.133. The van der Waals surface area contributed by atoms with Crippen LogP contribution in [0.2, 0.25) is 5.02 Å². The molecular weight excluding hydrogens is 320 g/mol. The maximum atomic E-state index is 12.1. The SMILES string of the molecule is O=C(NCCc1nc(-c2ccco2)n[nH]1)c1c(O)cccc1Cl. The quantitative estimate of drug-likeness (QED) is 0.665. The van der Waals surface area contributed by atoms with Crippen LogP contribution in [0.5, 0.6) is 5.75 Å². The number of nitrogens with zero attached hydrogens (tertiary/aromatic N) is 2. The van der Waals surface area contributed by atoms with Crippen LogP contribution in [-0.2, 0) is 6.42 Å². The van der Waals surface area contributed by atoms with Gasteiger partial charge in [0.1, 0.15) is 11.6 Å². The molecule has 7 nitrogen and oxygen atoms in total. The molecule has 23 heavy (non-hydrogen) atoms. The van der Waals surface area contributed by atoms with E-state index in [9.17, 15) is 9.90 Å². The first-order chi connectivity index (χ1) is 11.1. The summed E-state index contributed by atoms with van der Waals surface area (Å²) >= 11 is 5.92. The average molecular weight is 333 g/mol. The minimum atomic E-state index is -0.445. The molecule has 0 fully saturated rings. The van der Waals surface area contributed by atoms with Crippen LogP contribution in [0.4, 0.5) is 0 Å². The summed E-state index contributed by atoms with van der Waals surface area (Å²) in [5.74, 6) is 1.03. The van der Waals surface area contributed by atoms with E-state index in [-0.39, 0.29) is 16.3 Å². The smallest absolute Gasteiger partial charge is 0.256 e. The molecule has 118 valence electrons. The summed E-state index contributed by atoms with van der Waals surface area (Å²) in [4.78, 5) is 16.3. The highest BCUT2D eigenvalue weighted by Gasteiger charge is 2.15. The van der Waals surface area contributed by atoms with E-state index >= 15 is 0 Å². The molecule has 1 amide bonds. The standard InChI is InChI=1S/C15H13ClN4O3/c16-9-3-1-4-10(21)13(9)15(22)17-7-6-12-18-14(20-19-12)11-5-2-8-23-11/h1-5,8,21H,6-7H2,(H,17,22)(H,18,19,20). The molecule has 0 aliphatic heterocycles. The normalized spacial score (nSPS) is 10.7. The number of H-pyrrole nitrogens is 1. The number of rotatable bonds is 5. The molecule has 0 spiro atoms. The molecule has 0 bridgehead atoms. The summed E-state index contributed by atoms with van der Waals surface area (Å²) in [5, 5.41) is 19.4. The second kappa shape index (κ2) is 6.53. The van der Waals surface area contributed by atoms with E-state index in [4.69, 9.17) is 16.0 Å². The van der Waals surface area contributed by atoms with Crippen molar-refractivity contribution in [2.75, 3.05) is 6.54 Å². The minimum Gasteiger partial charge on any atom is -0.507 e. The largest absolute Gasteiger partial charge is 0.507 e. The van der Waals surface area contributed by atoms with Crippen molar-refractivity contribution in [2.24, 2.45) is 0 Å². The molecular formula is C15H13ClN4O3. The number of carbonyl (C=O) groups is 1. The van der Waals surface area contributed by atoms with Crippen LogP contribution in [0.1, 0.15) is 16.2 Å². The van der Waals surface area contributed by atoms with E-state index in [1.807, 2.05) is 0 Å². The molecule has 0 aliphatic carbocycles. The number of nitrogens with one attached hydrogen (secondary N) is 2. The highest BCUT2D eigenvalue weighted by atomic mass is 35.5. The first kappa shape index (κ1) is 15.1. The van der Waals surface area contributed by atoms with Crippen molar-refractivity contribution in [1.82, 2.24) is 20.5 Å². The van der Waals surface area contributed by atoms with Crippen LogP contribution >= 0.6 is 11.6 Å². The second-order valence-electron chi connectivity index (χ2n) is 4.72. The van der Waals surface area contributed by atoms with Crippen LogP contribution in [0.25, 0.3) is 11.6 Å². The summed E-state index contributed by atoms with van der Waals surface area (Å²) in [6, 6.07) is 8.03. The molecule has 0 radical (unpaired) electrons. The Morgan fingerprint density at radius 2 is 2.22 bits per heavy atom. The fourth-order valence-corrected chi connectivity index (χ4v) is 2.30. The van der Waals surface area contributed by atoms with Crippen molar-refractivity contribution in [1.29, 1.82) is 0 Å². The van der Waals surface area contributed by atoms with Gasteiger partial charge in [-0.1, -0.05) is 17.7 Å². The van der Waals surface area contributed by atoms with Crippen molar-refractivity contribution in [3.05, 3.63) is 53.0 Å². The summed E-state index contributed by atoms with van der Waals surface area (Å²) in [5.41, 5.74) is 0.0583. The van der Waals surface area contributed by atoms with Gasteiger partial charge in [0.2, 0.25) is 5.82 Å². The van der Waals surface area contributed by atoms with Gasteiger partial charge in [0.25, 0.3) is 5.91 Å². The predicted octanol–water partition coefficient (Wildman–Crippen LogP) is 2.40. The molecule has 0 unspecified atom stereocenters. The first-order valence-corrected chi connectivity index (χ1v) is 7.24. The van der Waals surface area contributed by atoms with Crippen molar-refractivity contribution in [3.63, 3.8) is 0 Å². The highest BCUT2D eigenvalue weighted by Crippen LogP contribution is 2.24. The molecule has 1 aromatic carbocycles. The Balaban J connectivity index is 1.58. The molecule has 0 saturated carbocycles. The van der Waals surface area contributed by atoms with Crippen molar-refractivity contribution in [2.45, 2.75) is 6.42 Å². The Labute approximate surface area is 136 Å². The predicted molar refractivity (Wildman–Crippen MR) is 83.2 cm³/mol. The van der Waals surface area contributed by atoms with E-state index in [0.717, 1.165) is 0 Å². The van der Waals surface area contributed by atoms with Crippen molar-refractivity contribution in [3.8, 4) is 17.3 Å². The third-order valence-electron chi connectivity index (χ3n) is 3.14. The second-order valence-corrected chi connectivity index (χ2v) is 5.13. The topological polar surface area (TPSA) is 104 Å². The van der Waals surface area contributed by atoms with E-state index < -0.39 is 5.91 Å². The number of benzene rings is 1. The lowest BCUT2D eigenvalue weighted by Gasteiger charge is -2.07. The molecule has 2 heterocycles. The van der Waals surface area contributed by atoms with Crippen LogP contribution < -0.4 is 5.32 Å². The van der Waals surface area contributed by atoms with Gasteiger partial charge in [-0.25, -0.2) is 4.98 Å². The molecule has 3 aromatic rings. The minimum absolute atomic E-state index is 0.0583. The first-order valence-electron chi connectivity index (χ1n) is 6.86. The van der Waals surface area contributed by atoms with Crippen LogP contribution in [-0.4, -0.2) is 32.7 Å². The molecule has 3 N–H and O–H groups in total. The van der Waals surface area contributed by atoms with Gasteiger partial charge in [-0.2, -0.15) is 5.10 Å². The molecule has 0 aliphatic rings. The van der Waals surface area contributed by atoms with Crippen LogP contribution in [0, 0.1) is 0 Å². The molecule has 3 rings (SSSR count). The summed E-state index contributed by atoms with van der Waals surface area (Å²) < 4.78 is 5.20. The van der Waals surface area contributed by atoms with Gasteiger partial charge in [-0.05, 0) is 24.3 Å². The molecule has 0 atom stereocenters. The average Bonchev–Trinajstić information content (AvgIpc) is 3.18. The van der Waals surface area contributed by atoms with Gasteiger partial charge < -0.3 is 14.8 Å². The number of aromatic nitrogens is 3. The Morgan fingerprint density at radius 3 is 2.96 bits per heavy atom. The van der Waals surface area contributed by atoms with Gasteiger partial charge in [0.15, 0.2) is 5.76 Å². The number of aromatic amines is 1. The Kier molecular flexibility index (Phi) is 4.29. The number of amides is 1. The third kappa shape index (κ3) is 3.35. The zero-order chi connectivity index (χ0) is 16.2. The van der Waals surface area contributed by atoms with E-state index in [1.165, 1.54) is 6.07 Å². The number of furan rings is 1. The van der Waals surface area contributed by atoms with E-state index in [1.54, 1.807) is 30.5 Å². The number of aromatic hydroxyl groups is 1. The van der Waals surface area contributed by atoms with Gasteiger partial charge in [0, 0.05) is 13.0 Å². The van der Waals surface area contributed by atoms with Gasteiger partial charge in [-0.3, -0.25) is 9.89 Å². The summed E-state index contributed by atoms with van der Waals surface area (Å²) in [6.45, 7) is 0.316. The highest BCUT2D eigenvalue weighted by molar-refractivity contribution is 6.34. The lowest BCUT2D eigenvalue weighted by Crippen LogP contribution is -2.26. The number of hydrogen-bond donors (Lipinski definition) is 3. The zero-order valence-electron chi connectivity index (χ0n) is 11.9. The van der Waals surface area contributed by atoms with Crippen molar-refractivity contribution < 1.29 is 14.3 Å². The lowest BCUT2D eigenvalue weighted by atomic mass is 10.2. The van der Waals surface area contributed by atoms with Crippen molar-refractivity contribution >= 4 is 17.5 Å². The number of phenolic OH excluding ortho intramolecular Hbond substituents is 1. The Hall–Kier alpha value is -2.80. The third-order valence-corrected chi connectivity index (χ3v) is 3.45. The molecule has 8 heteroatoms. The Morgan fingerprint density at radius 1 is 1.35 bits per heavy atom. The maximum Gasteiger partial charge on any atom is 0.256 e. The lowest BCUT2D eigenvalue weighted by molar-refractivity contribution is 0.0951. The molecule has 0 saturated heterocycles. The summed E-state index contributed by atoms with van der Waals surface area (Å²) in [7, 11) is 0. The van der Waals surface area contributed by atoms with Gasteiger partial charge >= 0.3 is 0 Å². The molecule has 2 aromatic heterocycles. The Bertz CT molecular complexity index is 794. The van der Waals surface area contributed by atoms with E-state index in [2.05, 4.69) is 20.5 Å². The van der Waals surface area contributed by atoms with E-state index in [0.29, 0.717) is 30.4 Å². The van der Waals surface area contributed by atoms with Crippen LogP contribution in [0.3, 0.4) is 0 Å². The number of halogens is 1. The number of hydrogen-bond acceptors (Lipinski definition) is 5. The zero-order valence-corrected chi connectivity index (χ0v) is 12.7. The monoisotopic (exact) mass is 332 g/mol. The van der Waals surface area contributed by atoms with Crippen LogP contribution in [0.15, 0.2) is 41.0 Å². The van der Waals surface area contributed by atoms with Gasteiger partial charge in [-0.15, -0.1) is 0 Å². The number of carbonyl (C=O) groups excluding carboxylic acids is 1. The maximum absolute atomic E-state index is 12.1. The fourth-order valence-electron chi connectivity index (χ4n) is 2.04. The number of phenols is 1. The summed E-state index contributed by atoms with van der Waals surface area (Å²) in [6.07, 6.45) is 1.99. The van der Waals surface area contributed by atoms with Gasteiger partial charge in [0.05, 0.1) is 16.8 Å².